The Morgan fingerprint density at radius 3 is 2.84 bits per heavy atom. The van der Waals surface area contributed by atoms with Crippen molar-refractivity contribution >= 4 is 0 Å². The highest BCUT2D eigenvalue weighted by Crippen LogP contribution is 2.29. The van der Waals surface area contributed by atoms with E-state index in [1.165, 1.54) is 6.33 Å². The average Bonchev–Trinajstić information content (AvgIpc) is 2.92. The molecular weight excluding hydrogens is 246 g/mol. The minimum Gasteiger partial charge on any atom is -0.481 e. The first-order chi connectivity index (χ1) is 9.08. The zero-order valence-electron chi connectivity index (χ0n) is 11.7. The molecule has 2 heterocycles. The van der Waals surface area contributed by atoms with Crippen LogP contribution in [-0.4, -0.2) is 36.8 Å². The van der Waals surface area contributed by atoms with Crippen molar-refractivity contribution in [3.8, 4) is 5.88 Å². The second-order valence-electron chi connectivity index (χ2n) is 4.34. The molecule has 0 radical (unpaired) electrons. The maximum absolute atomic E-state index is 10.4. The van der Waals surface area contributed by atoms with Crippen LogP contribution in [0, 0.1) is 6.92 Å². The molecule has 0 saturated carbocycles. The molecule has 0 aliphatic rings. The highest BCUT2D eigenvalue weighted by molar-refractivity contribution is 5.33. The molecule has 7 heteroatoms. The Morgan fingerprint density at radius 1 is 1.47 bits per heavy atom. The van der Waals surface area contributed by atoms with Crippen LogP contribution >= 0.6 is 0 Å². The van der Waals surface area contributed by atoms with Gasteiger partial charge in [-0.15, -0.1) is 0 Å². The molecule has 1 unspecified atom stereocenters. The van der Waals surface area contributed by atoms with Gasteiger partial charge in [0.2, 0.25) is 5.88 Å². The van der Waals surface area contributed by atoms with Gasteiger partial charge >= 0.3 is 0 Å². The Labute approximate surface area is 111 Å². The number of hydrogen-bond acceptors (Lipinski definition) is 5. The number of nitrogens with zero attached hydrogens (tertiary/aromatic N) is 5. The lowest BCUT2D eigenvalue weighted by atomic mass is 10.1. The summed E-state index contributed by atoms with van der Waals surface area (Å²) in [5, 5.41) is 18.8. The number of aliphatic hydroxyl groups excluding tert-OH is 1. The molecular formula is C12H19N5O2. The van der Waals surface area contributed by atoms with Gasteiger partial charge in [-0.3, -0.25) is 4.68 Å². The van der Waals surface area contributed by atoms with Crippen LogP contribution in [0.2, 0.25) is 0 Å². The van der Waals surface area contributed by atoms with Crippen molar-refractivity contribution in [1.29, 1.82) is 0 Å². The SMILES string of the molecule is CCn1ncnc1CC(O)c1c(C)nn(C)c1OC. The van der Waals surface area contributed by atoms with Gasteiger partial charge in [-0.1, -0.05) is 0 Å². The predicted octanol–water partition coefficient (Wildman–Crippen LogP) is 0.625. The molecule has 7 nitrogen and oxygen atoms in total. The molecule has 0 spiro atoms. The number of ether oxygens (including phenoxy) is 1. The van der Waals surface area contributed by atoms with Crippen LogP contribution in [0.5, 0.6) is 5.88 Å². The van der Waals surface area contributed by atoms with E-state index >= 15 is 0 Å². The fourth-order valence-electron chi connectivity index (χ4n) is 2.26. The van der Waals surface area contributed by atoms with Crippen molar-refractivity contribution in [3.63, 3.8) is 0 Å². The summed E-state index contributed by atoms with van der Waals surface area (Å²) in [6.07, 6.45) is 1.17. The summed E-state index contributed by atoms with van der Waals surface area (Å²) in [4.78, 5) is 4.17. The molecule has 0 aromatic carbocycles. The van der Waals surface area contributed by atoms with Gasteiger partial charge in [-0.05, 0) is 13.8 Å². The van der Waals surface area contributed by atoms with Gasteiger partial charge in [0.15, 0.2) is 0 Å². The van der Waals surface area contributed by atoms with Gasteiger partial charge < -0.3 is 9.84 Å². The lowest BCUT2D eigenvalue weighted by molar-refractivity contribution is 0.168. The van der Waals surface area contributed by atoms with E-state index in [4.69, 9.17) is 4.74 Å². The molecule has 2 aromatic heterocycles. The molecule has 1 atom stereocenters. The molecule has 2 rings (SSSR count). The number of methoxy groups -OCH3 is 1. The van der Waals surface area contributed by atoms with Crippen molar-refractivity contribution in [3.05, 3.63) is 23.4 Å². The van der Waals surface area contributed by atoms with Crippen LogP contribution in [0.25, 0.3) is 0 Å². The van der Waals surface area contributed by atoms with E-state index in [1.807, 2.05) is 13.8 Å². The Morgan fingerprint density at radius 2 is 2.21 bits per heavy atom. The second kappa shape index (κ2) is 5.40. The number of aliphatic hydroxyl groups is 1. The highest BCUT2D eigenvalue weighted by Gasteiger charge is 2.23. The fraction of sp³-hybridized carbons (Fsp3) is 0.583. The zero-order valence-corrected chi connectivity index (χ0v) is 11.7. The third-order valence-electron chi connectivity index (χ3n) is 3.11. The quantitative estimate of drug-likeness (QED) is 0.857. The van der Waals surface area contributed by atoms with Crippen molar-refractivity contribution < 1.29 is 9.84 Å². The van der Waals surface area contributed by atoms with E-state index in [0.29, 0.717) is 17.9 Å². The molecule has 0 saturated heterocycles. The van der Waals surface area contributed by atoms with E-state index in [0.717, 1.165) is 18.1 Å². The van der Waals surface area contributed by atoms with Crippen LogP contribution in [0.1, 0.15) is 30.1 Å². The maximum Gasteiger partial charge on any atom is 0.217 e. The third kappa shape index (κ3) is 2.46. The Balaban J connectivity index is 2.27. The summed E-state index contributed by atoms with van der Waals surface area (Å²) in [6, 6.07) is 0. The van der Waals surface area contributed by atoms with Gasteiger partial charge in [-0.2, -0.15) is 10.2 Å². The van der Waals surface area contributed by atoms with E-state index in [1.54, 1.807) is 23.5 Å². The molecule has 0 aliphatic carbocycles. The Bertz CT molecular complexity index is 560. The summed E-state index contributed by atoms with van der Waals surface area (Å²) in [5.74, 6) is 1.33. The first kappa shape index (κ1) is 13.5. The van der Waals surface area contributed by atoms with Crippen LogP contribution in [0.3, 0.4) is 0 Å². The summed E-state index contributed by atoms with van der Waals surface area (Å²) >= 11 is 0. The van der Waals surface area contributed by atoms with Gasteiger partial charge in [-0.25, -0.2) is 9.67 Å². The highest BCUT2D eigenvalue weighted by atomic mass is 16.5. The smallest absolute Gasteiger partial charge is 0.217 e. The molecule has 0 fully saturated rings. The van der Waals surface area contributed by atoms with Crippen LogP contribution in [0.15, 0.2) is 6.33 Å². The Kier molecular flexibility index (Phi) is 3.84. The standard InChI is InChI=1S/C12H19N5O2/c1-5-17-10(13-7-14-17)6-9(18)11-8(2)15-16(3)12(11)19-4/h7,9,18H,5-6H2,1-4H3. The minimum absolute atomic E-state index is 0.386. The van der Waals surface area contributed by atoms with E-state index < -0.39 is 6.10 Å². The van der Waals surface area contributed by atoms with Crippen LogP contribution in [0.4, 0.5) is 0 Å². The fourth-order valence-corrected chi connectivity index (χ4v) is 2.26. The normalized spacial score (nSPS) is 12.7. The van der Waals surface area contributed by atoms with Gasteiger partial charge in [0.05, 0.1) is 24.5 Å². The van der Waals surface area contributed by atoms with Crippen molar-refractivity contribution in [2.24, 2.45) is 7.05 Å². The molecule has 2 aromatic rings. The first-order valence-corrected chi connectivity index (χ1v) is 6.20. The second-order valence-corrected chi connectivity index (χ2v) is 4.34. The average molecular weight is 265 g/mol. The number of aromatic nitrogens is 5. The third-order valence-corrected chi connectivity index (χ3v) is 3.11. The van der Waals surface area contributed by atoms with Crippen LogP contribution < -0.4 is 4.74 Å². The van der Waals surface area contributed by atoms with E-state index in [2.05, 4.69) is 15.2 Å². The number of rotatable bonds is 5. The molecule has 0 amide bonds. The van der Waals surface area contributed by atoms with Crippen LogP contribution in [-0.2, 0) is 20.0 Å². The molecule has 19 heavy (non-hydrogen) atoms. The number of hydrogen-bond donors (Lipinski definition) is 1. The van der Waals surface area contributed by atoms with Crippen molar-refractivity contribution in [2.45, 2.75) is 32.9 Å². The summed E-state index contributed by atoms with van der Waals surface area (Å²) < 4.78 is 8.68. The summed E-state index contributed by atoms with van der Waals surface area (Å²) in [7, 11) is 3.36. The zero-order chi connectivity index (χ0) is 14.0. The summed E-state index contributed by atoms with van der Waals surface area (Å²) in [6.45, 7) is 4.57. The molecule has 1 N–H and O–H groups in total. The van der Waals surface area contributed by atoms with Gasteiger partial charge in [0, 0.05) is 20.0 Å². The summed E-state index contributed by atoms with van der Waals surface area (Å²) in [5.41, 5.74) is 1.46. The molecule has 0 bridgehead atoms. The lowest BCUT2D eigenvalue weighted by Crippen LogP contribution is -2.11. The topological polar surface area (TPSA) is 78.0 Å². The van der Waals surface area contributed by atoms with Crippen molar-refractivity contribution in [2.75, 3.05) is 7.11 Å². The first-order valence-electron chi connectivity index (χ1n) is 6.20. The molecule has 0 aliphatic heterocycles. The molecule has 104 valence electrons. The number of aryl methyl sites for hydroxylation is 3. The largest absolute Gasteiger partial charge is 0.481 e. The Hall–Kier alpha value is -1.89. The predicted molar refractivity (Wildman–Crippen MR) is 68.9 cm³/mol. The van der Waals surface area contributed by atoms with Gasteiger partial charge in [0.25, 0.3) is 0 Å². The minimum atomic E-state index is -0.710. The van der Waals surface area contributed by atoms with E-state index in [9.17, 15) is 5.11 Å². The monoisotopic (exact) mass is 265 g/mol. The van der Waals surface area contributed by atoms with Gasteiger partial charge in [0.1, 0.15) is 12.2 Å². The lowest BCUT2D eigenvalue weighted by Gasteiger charge is -2.12. The van der Waals surface area contributed by atoms with Crippen molar-refractivity contribution in [1.82, 2.24) is 24.5 Å². The maximum atomic E-state index is 10.4. The van der Waals surface area contributed by atoms with E-state index in [-0.39, 0.29) is 0 Å².